The number of nitrogens with one attached hydrogen (secondary N) is 1. The number of carbonyl (C=O) groups is 1. The maximum atomic E-state index is 11.3. The van der Waals surface area contributed by atoms with Crippen LogP contribution in [0.1, 0.15) is 30.9 Å². The number of benzene rings is 1. The zero-order valence-electron chi connectivity index (χ0n) is 9.71. The number of aryl methyl sites for hydroxylation is 1. The second kappa shape index (κ2) is 3.81. The van der Waals surface area contributed by atoms with Crippen molar-refractivity contribution in [2.45, 2.75) is 38.6 Å². The van der Waals surface area contributed by atoms with E-state index in [1.54, 1.807) is 0 Å². The summed E-state index contributed by atoms with van der Waals surface area (Å²) in [6.45, 7) is 3.99. The maximum Gasteiger partial charge on any atom is 0.329 e. The van der Waals surface area contributed by atoms with E-state index in [1.165, 1.54) is 11.1 Å². The summed E-state index contributed by atoms with van der Waals surface area (Å²) < 4.78 is 0. The third kappa shape index (κ3) is 1.56. The number of hydrogen-bond donors (Lipinski definition) is 2. The quantitative estimate of drug-likeness (QED) is 0.803. The summed E-state index contributed by atoms with van der Waals surface area (Å²) in [7, 11) is 0. The van der Waals surface area contributed by atoms with Crippen LogP contribution < -0.4 is 5.32 Å². The first-order chi connectivity index (χ1) is 7.59. The number of fused-ring (bicyclic) bond motifs is 1. The van der Waals surface area contributed by atoms with E-state index in [1.807, 2.05) is 19.1 Å². The second-order valence-electron chi connectivity index (χ2n) is 4.47. The van der Waals surface area contributed by atoms with Crippen LogP contribution in [0.15, 0.2) is 18.2 Å². The summed E-state index contributed by atoms with van der Waals surface area (Å²) in [5.74, 6) is -0.748. The molecule has 0 saturated heterocycles. The van der Waals surface area contributed by atoms with Gasteiger partial charge in [-0.15, -0.1) is 0 Å². The highest BCUT2D eigenvalue weighted by Gasteiger charge is 2.39. The lowest BCUT2D eigenvalue weighted by molar-refractivity contribution is -0.142. The molecule has 0 aliphatic carbocycles. The number of hydrogen-bond acceptors (Lipinski definition) is 2. The van der Waals surface area contributed by atoms with Crippen molar-refractivity contribution in [3.8, 4) is 0 Å². The Balaban J connectivity index is 2.40. The lowest BCUT2D eigenvalue weighted by atomic mass is 9.83. The normalized spacial score (nSPS) is 23.4. The van der Waals surface area contributed by atoms with Crippen molar-refractivity contribution in [2.75, 3.05) is 5.32 Å². The predicted octanol–water partition coefficient (Wildman–Crippen LogP) is 2.59. The molecular weight excluding hydrogens is 202 g/mol. The highest BCUT2D eigenvalue weighted by molar-refractivity contribution is 5.84. The van der Waals surface area contributed by atoms with Gasteiger partial charge in [-0.05, 0) is 43.4 Å². The van der Waals surface area contributed by atoms with Gasteiger partial charge in [0.05, 0.1) is 0 Å². The van der Waals surface area contributed by atoms with E-state index in [4.69, 9.17) is 0 Å². The summed E-state index contributed by atoms with van der Waals surface area (Å²) in [5.41, 5.74) is 2.70. The minimum atomic E-state index is -0.777. The highest BCUT2D eigenvalue weighted by Crippen LogP contribution is 2.34. The van der Waals surface area contributed by atoms with Crippen molar-refractivity contribution in [1.29, 1.82) is 0 Å². The van der Waals surface area contributed by atoms with Crippen LogP contribution >= 0.6 is 0 Å². The molecule has 1 heterocycles. The molecule has 1 aliphatic rings. The number of aliphatic carboxylic acids is 1. The van der Waals surface area contributed by atoms with Crippen molar-refractivity contribution >= 4 is 11.7 Å². The zero-order chi connectivity index (χ0) is 11.8. The summed E-state index contributed by atoms with van der Waals surface area (Å²) in [4.78, 5) is 11.3. The van der Waals surface area contributed by atoms with Crippen LogP contribution in [0.2, 0.25) is 0 Å². The van der Waals surface area contributed by atoms with Crippen molar-refractivity contribution in [2.24, 2.45) is 0 Å². The first kappa shape index (κ1) is 11.0. The van der Waals surface area contributed by atoms with E-state index in [-0.39, 0.29) is 0 Å². The summed E-state index contributed by atoms with van der Waals surface area (Å²) in [6, 6.07) is 6.00. The fraction of sp³-hybridized carbons (Fsp3) is 0.462. The molecule has 1 unspecified atom stereocenters. The van der Waals surface area contributed by atoms with Crippen molar-refractivity contribution in [3.63, 3.8) is 0 Å². The average molecular weight is 219 g/mol. The Kier molecular flexibility index (Phi) is 2.62. The van der Waals surface area contributed by atoms with Crippen molar-refractivity contribution in [3.05, 3.63) is 29.3 Å². The molecule has 0 amide bonds. The topological polar surface area (TPSA) is 49.3 Å². The van der Waals surface area contributed by atoms with Crippen LogP contribution in [0.25, 0.3) is 0 Å². The van der Waals surface area contributed by atoms with Crippen LogP contribution in [-0.4, -0.2) is 16.6 Å². The number of anilines is 1. The van der Waals surface area contributed by atoms with Gasteiger partial charge in [0.1, 0.15) is 5.54 Å². The van der Waals surface area contributed by atoms with E-state index in [9.17, 15) is 9.90 Å². The van der Waals surface area contributed by atoms with Gasteiger partial charge in [0, 0.05) is 5.69 Å². The Bertz CT molecular complexity index is 428. The Morgan fingerprint density at radius 2 is 2.31 bits per heavy atom. The first-order valence-corrected chi connectivity index (χ1v) is 5.69. The Morgan fingerprint density at radius 1 is 1.56 bits per heavy atom. The summed E-state index contributed by atoms with van der Waals surface area (Å²) in [6.07, 6.45) is 2.11. The monoisotopic (exact) mass is 219 g/mol. The van der Waals surface area contributed by atoms with Crippen LogP contribution in [0.3, 0.4) is 0 Å². The maximum absolute atomic E-state index is 11.3. The van der Waals surface area contributed by atoms with Gasteiger partial charge in [0.25, 0.3) is 0 Å². The Hall–Kier alpha value is -1.51. The molecule has 1 aromatic carbocycles. The van der Waals surface area contributed by atoms with Gasteiger partial charge in [0.15, 0.2) is 0 Å². The second-order valence-corrected chi connectivity index (χ2v) is 4.47. The molecule has 0 saturated carbocycles. The van der Waals surface area contributed by atoms with Crippen LogP contribution in [0.4, 0.5) is 5.69 Å². The SMILES string of the molecule is CCC1(C(=O)O)CCc2c(C)cccc2N1. The number of carboxylic acids is 1. The van der Waals surface area contributed by atoms with Crippen molar-refractivity contribution in [1.82, 2.24) is 0 Å². The highest BCUT2D eigenvalue weighted by atomic mass is 16.4. The lowest BCUT2D eigenvalue weighted by Crippen LogP contribution is -2.48. The summed E-state index contributed by atoms with van der Waals surface area (Å²) >= 11 is 0. The first-order valence-electron chi connectivity index (χ1n) is 5.69. The minimum Gasteiger partial charge on any atom is -0.480 e. The van der Waals surface area contributed by atoms with E-state index < -0.39 is 11.5 Å². The third-order valence-electron chi connectivity index (χ3n) is 3.60. The van der Waals surface area contributed by atoms with Gasteiger partial charge < -0.3 is 10.4 Å². The molecule has 3 heteroatoms. The van der Waals surface area contributed by atoms with Crippen LogP contribution in [0.5, 0.6) is 0 Å². The van der Waals surface area contributed by atoms with E-state index in [0.29, 0.717) is 12.8 Å². The number of rotatable bonds is 2. The van der Waals surface area contributed by atoms with Gasteiger partial charge in [-0.2, -0.15) is 0 Å². The molecule has 0 bridgehead atoms. The largest absolute Gasteiger partial charge is 0.480 e. The predicted molar refractivity (Wildman–Crippen MR) is 63.8 cm³/mol. The van der Waals surface area contributed by atoms with Gasteiger partial charge in [-0.1, -0.05) is 19.1 Å². The molecule has 1 aromatic rings. The zero-order valence-corrected chi connectivity index (χ0v) is 9.71. The molecule has 3 nitrogen and oxygen atoms in total. The molecule has 1 aliphatic heterocycles. The third-order valence-corrected chi connectivity index (χ3v) is 3.60. The molecular formula is C13H17NO2. The Morgan fingerprint density at radius 3 is 2.94 bits per heavy atom. The average Bonchev–Trinajstić information content (AvgIpc) is 2.28. The van der Waals surface area contributed by atoms with Gasteiger partial charge in [0.2, 0.25) is 0 Å². The number of carboxylic acid groups (broad SMARTS) is 1. The Labute approximate surface area is 95.5 Å². The van der Waals surface area contributed by atoms with E-state index in [0.717, 1.165) is 12.1 Å². The molecule has 0 aromatic heterocycles. The molecule has 1 atom stereocenters. The standard InChI is InChI=1S/C13H17NO2/c1-3-13(12(15)16)8-7-10-9(2)5-4-6-11(10)14-13/h4-6,14H,3,7-8H2,1-2H3,(H,15,16). The molecule has 2 rings (SSSR count). The minimum absolute atomic E-state index is 0.607. The summed E-state index contributed by atoms with van der Waals surface area (Å²) in [5, 5.41) is 12.5. The fourth-order valence-electron chi connectivity index (χ4n) is 2.39. The van der Waals surface area contributed by atoms with Gasteiger partial charge in [-0.25, -0.2) is 4.79 Å². The smallest absolute Gasteiger partial charge is 0.329 e. The molecule has 0 fully saturated rings. The van der Waals surface area contributed by atoms with Gasteiger partial charge in [-0.3, -0.25) is 0 Å². The van der Waals surface area contributed by atoms with E-state index in [2.05, 4.69) is 18.3 Å². The fourth-order valence-corrected chi connectivity index (χ4v) is 2.39. The molecule has 0 radical (unpaired) electrons. The van der Waals surface area contributed by atoms with Crippen LogP contribution in [0, 0.1) is 6.92 Å². The van der Waals surface area contributed by atoms with Crippen molar-refractivity contribution < 1.29 is 9.90 Å². The molecule has 2 N–H and O–H groups in total. The van der Waals surface area contributed by atoms with Gasteiger partial charge >= 0.3 is 5.97 Å². The lowest BCUT2D eigenvalue weighted by Gasteiger charge is -2.36. The van der Waals surface area contributed by atoms with E-state index >= 15 is 0 Å². The molecule has 16 heavy (non-hydrogen) atoms. The molecule has 86 valence electrons. The van der Waals surface area contributed by atoms with Crippen LogP contribution in [-0.2, 0) is 11.2 Å². The molecule has 0 spiro atoms.